The van der Waals surface area contributed by atoms with Gasteiger partial charge in [-0.25, -0.2) is 0 Å². The molecule has 0 saturated carbocycles. The molecular weight excluding hydrogens is 695 g/mol. The number of hydrogen-bond acceptors (Lipinski definition) is 9. The summed E-state index contributed by atoms with van der Waals surface area (Å²) in [5, 5.41) is 12.3. The number of fused-ring (bicyclic) bond motifs is 5. The average Bonchev–Trinajstić information content (AvgIpc) is 3.17. The minimum absolute atomic E-state index is 0.0352. The fraction of sp³-hybridized carbons (Fsp3) is 0.614. The molecule has 0 aromatic heterocycles. The van der Waals surface area contributed by atoms with E-state index in [1.807, 2.05) is 18.2 Å². The van der Waals surface area contributed by atoms with Crippen molar-refractivity contribution in [2.75, 3.05) is 33.4 Å². The lowest BCUT2D eigenvalue weighted by Gasteiger charge is -2.30. The summed E-state index contributed by atoms with van der Waals surface area (Å²) in [6, 6.07) is 11.1. The largest absolute Gasteiger partial charge is 0.492 e. The van der Waals surface area contributed by atoms with E-state index < -0.39 is 29.8 Å². The number of carbonyl (C=O) groups excluding carboxylic acids is 4. The van der Waals surface area contributed by atoms with Crippen molar-refractivity contribution >= 4 is 23.4 Å². The first-order valence-corrected chi connectivity index (χ1v) is 20.5. The van der Waals surface area contributed by atoms with Gasteiger partial charge in [0.1, 0.15) is 30.8 Å². The first-order valence-electron chi connectivity index (χ1n) is 20.5. The Morgan fingerprint density at radius 3 is 2.02 bits per heavy atom. The van der Waals surface area contributed by atoms with E-state index in [0.717, 1.165) is 31.2 Å². The fourth-order valence-electron chi connectivity index (χ4n) is 7.11. The molecule has 1 aliphatic rings. The highest BCUT2D eigenvalue weighted by Crippen LogP contribution is 2.40. The van der Waals surface area contributed by atoms with Gasteiger partial charge >= 0.3 is 0 Å². The van der Waals surface area contributed by atoms with E-state index >= 15 is 0 Å². The Bertz CT molecular complexity index is 1590. The van der Waals surface area contributed by atoms with E-state index in [4.69, 9.17) is 20.9 Å². The zero-order valence-corrected chi connectivity index (χ0v) is 33.7. The van der Waals surface area contributed by atoms with Crippen LogP contribution in [0.2, 0.25) is 0 Å². The van der Waals surface area contributed by atoms with Crippen LogP contribution in [0, 0.1) is 23.2 Å². The summed E-state index contributed by atoms with van der Waals surface area (Å²) in [5.41, 5.74) is 14.2. The molecule has 0 saturated heterocycles. The van der Waals surface area contributed by atoms with Crippen molar-refractivity contribution in [3.63, 3.8) is 0 Å². The minimum atomic E-state index is -0.980. The van der Waals surface area contributed by atoms with E-state index in [9.17, 15) is 24.4 Å². The predicted octanol–water partition coefficient (Wildman–Crippen LogP) is 6.98. The van der Waals surface area contributed by atoms with Crippen LogP contribution in [0.4, 0.5) is 0 Å². The first-order chi connectivity index (χ1) is 26.5. The molecule has 4 bridgehead atoms. The van der Waals surface area contributed by atoms with Crippen LogP contribution in [0.15, 0.2) is 36.4 Å². The van der Waals surface area contributed by atoms with Crippen molar-refractivity contribution in [1.29, 1.82) is 5.26 Å². The van der Waals surface area contributed by atoms with Crippen LogP contribution < -0.4 is 26.3 Å². The number of nitrogens with two attached hydrogens (primary N) is 2. The average molecular weight is 760 g/mol. The molecule has 2 amide bonds. The SMILES string of the molecule is CCCCCCCCCCCCCC(=O)N(C)[C@@H]1C(=O)C[C@@H](C)C(=O)N[C@H](C(=O)C[C@@H](C)C#N)Cc2ccc(OCCN)c(c2)-c2cc1ccc2OCCN. The highest BCUT2D eigenvalue weighted by Gasteiger charge is 2.33. The summed E-state index contributed by atoms with van der Waals surface area (Å²) in [5.74, 6) is -1.48. The third-order valence-corrected chi connectivity index (χ3v) is 10.3. The second-order valence-corrected chi connectivity index (χ2v) is 15.1. The molecule has 0 spiro atoms. The Labute approximate surface area is 328 Å². The van der Waals surface area contributed by atoms with Gasteiger partial charge in [-0.3, -0.25) is 19.2 Å². The third kappa shape index (κ3) is 14.4. The van der Waals surface area contributed by atoms with Crippen molar-refractivity contribution in [2.24, 2.45) is 23.3 Å². The maximum atomic E-state index is 14.3. The predicted molar refractivity (Wildman–Crippen MR) is 216 cm³/mol. The molecule has 4 atom stereocenters. The number of ketones is 2. The van der Waals surface area contributed by atoms with Crippen LogP contribution in [0.25, 0.3) is 11.1 Å². The topological polar surface area (TPSA) is 178 Å². The van der Waals surface area contributed by atoms with Gasteiger partial charge < -0.3 is 31.2 Å². The van der Waals surface area contributed by atoms with Crippen molar-refractivity contribution in [1.82, 2.24) is 10.2 Å². The molecule has 3 rings (SSSR count). The van der Waals surface area contributed by atoms with Gasteiger partial charge in [-0.1, -0.05) is 90.2 Å². The second kappa shape index (κ2) is 24.3. The van der Waals surface area contributed by atoms with Gasteiger partial charge in [0.15, 0.2) is 11.6 Å². The normalized spacial score (nSPS) is 17.7. The van der Waals surface area contributed by atoms with E-state index in [-0.39, 0.29) is 63.0 Å². The third-order valence-electron chi connectivity index (χ3n) is 10.3. The van der Waals surface area contributed by atoms with Crippen LogP contribution in [0.5, 0.6) is 11.5 Å². The molecule has 0 fully saturated rings. The Kier molecular flexibility index (Phi) is 19.9. The van der Waals surface area contributed by atoms with E-state index in [0.29, 0.717) is 34.6 Å². The number of carbonyl (C=O) groups is 4. The zero-order valence-electron chi connectivity index (χ0n) is 33.7. The molecule has 0 radical (unpaired) electrons. The standard InChI is InChI=1S/C44H65N5O6/c1-5-6-7-8-9-10-11-12-13-14-15-16-42(52)49(4)43-34-18-20-41(55-24-22-46)36(29-34)35-27-33(17-19-40(35)54-23-21-45)28-37(38(50)25-31(2)30-47)48-44(53)32(3)26-39(43)51/h17-20,27,29,31-32,37,43H,5-16,21-26,28,45-46H2,1-4H3,(H,48,53)/t31-,32-,37+,43+/m1/s1. The molecular formula is C44H65N5O6. The van der Waals surface area contributed by atoms with Gasteiger partial charge in [-0.05, 0) is 55.2 Å². The highest BCUT2D eigenvalue weighted by molar-refractivity contribution is 5.95. The van der Waals surface area contributed by atoms with Gasteiger partial charge in [0.2, 0.25) is 11.8 Å². The Morgan fingerprint density at radius 2 is 1.44 bits per heavy atom. The molecule has 55 heavy (non-hydrogen) atoms. The molecule has 2 aromatic carbocycles. The van der Waals surface area contributed by atoms with E-state index in [1.54, 1.807) is 39.1 Å². The molecule has 1 heterocycles. The fourth-order valence-corrected chi connectivity index (χ4v) is 7.11. The molecule has 0 unspecified atom stereocenters. The number of likely N-dealkylation sites (N-methyl/N-ethyl adjacent to an activating group) is 1. The van der Waals surface area contributed by atoms with Crippen molar-refractivity contribution in [3.8, 4) is 28.7 Å². The number of nitriles is 1. The van der Waals surface area contributed by atoms with E-state index in [2.05, 4.69) is 18.3 Å². The minimum Gasteiger partial charge on any atom is -0.492 e. The number of nitrogens with zero attached hydrogens (tertiary/aromatic N) is 2. The smallest absolute Gasteiger partial charge is 0.223 e. The number of benzene rings is 2. The lowest BCUT2D eigenvalue weighted by molar-refractivity contribution is -0.139. The lowest BCUT2D eigenvalue weighted by atomic mass is 9.89. The molecule has 0 aliphatic carbocycles. The molecule has 11 heteroatoms. The van der Waals surface area contributed by atoms with Crippen molar-refractivity contribution < 1.29 is 28.7 Å². The summed E-state index contributed by atoms with van der Waals surface area (Å²) < 4.78 is 12.2. The Balaban J connectivity index is 1.99. The number of nitrogens with one attached hydrogen (secondary N) is 1. The van der Waals surface area contributed by atoms with Crippen molar-refractivity contribution in [2.45, 2.75) is 129 Å². The number of unbranched alkanes of at least 4 members (excludes halogenated alkanes) is 10. The number of amides is 2. The summed E-state index contributed by atoms with van der Waals surface area (Å²) in [7, 11) is 1.65. The van der Waals surface area contributed by atoms with Gasteiger partial charge in [-0.15, -0.1) is 0 Å². The summed E-state index contributed by atoms with van der Waals surface area (Å²) in [6.07, 6.45) is 13.1. The second-order valence-electron chi connectivity index (χ2n) is 15.1. The highest BCUT2D eigenvalue weighted by atomic mass is 16.5. The summed E-state index contributed by atoms with van der Waals surface area (Å²) >= 11 is 0. The number of rotatable bonds is 22. The molecule has 2 aromatic rings. The molecule has 5 N–H and O–H groups in total. The number of ether oxygens (including phenoxy) is 2. The monoisotopic (exact) mass is 759 g/mol. The molecule has 302 valence electrons. The Morgan fingerprint density at radius 1 is 0.873 bits per heavy atom. The summed E-state index contributed by atoms with van der Waals surface area (Å²) in [6.45, 7) is 6.58. The van der Waals surface area contributed by atoms with Crippen LogP contribution in [0.1, 0.15) is 128 Å². The van der Waals surface area contributed by atoms with Gasteiger partial charge in [0.05, 0.1) is 18.0 Å². The molecule has 1 aliphatic heterocycles. The number of hydrogen-bond donors (Lipinski definition) is 3. The maximum Gasteiger partial charge on any atom is 0.223 e. The maximum absolute atomic E-state index is 14.3. The zero-order chi connectivity index (χ0) is 40.2. The summed E-state index contributed by atoms with van der Waals surface area (Å²) in [4.78, 5) is 56.8. The van der Waals surface area contributed by atoms with Gasteiger partial charge in [0.25, 0.3) is 0 Å². The van der Waals surface area contributed by atoms with Crippen molar-refractivity contribution in [3.05, 3.63) is 47.5 Å². The number of Topliss-reactive ketones (excluding diaryl/α,β-unsaturated/α-hetero) is 2. The molecule has 11 nitrogen and oxygen atoms in total. The first kappa shape index (κ1) is 45.1. The van der Waals surface area contributed by atoms with Crippen LogP contribution in [-0.4, -0.2) is 67.7 Å². The van der Waals surface area contributed by atoms with Crippen LogP contribution in [-0.2, 0) is 25.6 Å². The lowest BCUT2D eigenvalue weighted by Crippen LogP contribution is -2.45. The van der Waals surface area contributed by atoms with Crippen LogP contribution in [0.3, 0.4) is 0 Å². The van der Waals surface area contributed by atoms with E-state index in [1.165, 1.54) is 49.8 Å². The van der Waals surface area contributed by atoms with Crippen LogP contribution >= 0.6 is 0 Å². The van der Waals surface area contributed by atoms with Gasteiger partial charge in [-0.2, -0.15) is 5.26 Å². The quantitative estimate of drug-likeness (QED) is 0.107. The van der Waals surface area contributed by atoms with Gasteiger partial charge in [0, 0.05) is 56.4 Å². The Hall–Kier alpha value is -4.27.